The molecule has 0 amide bonds. The van der Waals surface area contributed by atoms with Gasteiger partial charge in [-0.25, -0.2) is 4.98 Å². The summed E-state index contributed by atoms with van der Waals surface area (Å²) in [6, 6.07) is 7.25. The van der Waals surface area contributed by atoms with Crippen LogP contribution < -0.4 is 4.90 Å². The Morgan fingerprint density at radius 1 is 1.23 bits per heavy atom. The Hall–Kier alpha value is -1.17. The third-order valence-electron chi connectivity index (χ3n) is 4.76. The van der Waals surface area contributed by atoms with Crippen molar-refractivity contribution in [3.63, 3.8) is 0 Å². The lowest BCUT2D eigenvalue weighted by Gasteiger charge is -2.46. The summed E-state index contributed by atoms with van der Waals surface area (Å²) in [4.78, 5) is 9.92. The number of hydrogen-bond acceptors (Lipinski definition) is 5. The molecule has 0 unspecified atom stereocenters. The van der Waals surface area contributed by atoms with Crippen LogP contribution >= 0.6 is 11.3 Å². The summed E-state index contributed by atoms with van der Waals surface area (Å²) in [6.07, 6.45) is 0. The molecule has 0 saturated carbocycles. The molecule has 2 saturated heterocycles. The predicted octanol–water partition coefficient (Wildman–Crippen LogP) is 2.94. The summed E-state index contributed by atoms with van der Waals surface area (Å²) in [5, 5.41) is 1.19. The number of thiazole rings is 1. The molecule has 0 atom stereocenters. The molecule has 0 N–H and O–H groups in total. The number of rotatable bonds is 3. The second kappa shape index (κ2) is 5.80. The van der Waals surface area contributed by atoms with E-state index in [4.69, 9.17) is 9.72 Å². The molecule has 4 nitrogen and oxygen atoms in total. The topological polar surface area (TPSA) is 28.6 Å². The van der Waals surface area contributed by atoms with Gasteiger partial charge in [0.15, 0.2) is 5.13 Å². The van der Waals surface area contributed by atoms with Crippen molar-refractivity contribution in [3.05, 3.63) is 23.8 Å². The number of nitrogens with zero attached hydrogens (tertiary/aromatic N) is 3. The standard InChI is InChI=1S/C17H23N3OS/c1-12(2)14-4-3-5-15-16(14)18-17(22-15)20-10-13(11-20)19-6-8-21-9-7-19/h3-5,12-13H,6-11H2,1-2H3. The summed E-state index contributed by atoms with van der Waals surface area (Å²) >= 11 is 1.83. The average molecular weight is 317 g/mol. The zero-order chi connectivity index (χ0) is 15.1. The Morgan fingerprint density at radius 2 is 2.00 bits per heavy atom. The first-order chi connectivity index (χ1) is 10.7. The summed E-state index contributed by atoms with van der Waals surface area (Å²) in [5.74, 6) is 0.524. The maximum Gasteiger partial charge on any atom is 0.186 e. The number of fused-ring (bicyclic) bond motifs is 1. The number of hydrogen-bond donors (Lipinski definition) is 0. The average Bonchev–Trinajstić information content (AvgIpc) is 2.89. The molecule has 118 valence electrons. The van der Waals surface area contributed by atoms with E-state index in [0.29, 0.717) is 12.0 Å². The van der Waals surface area contributed by atoms with E-state index in [0.717, 1.165) is 39.4 Å². The Morgan fingerprint density at radius 3 is 2.73 bits per heavy atom. The first-order valence-corrected chi connectivity index (χ1v) is 9.00. The predicted molar refractivity (Wildman–Crippen MR) is 92.1 cm³/mol. The third-order valence-corrected chi connectivity index (χ3v) is 5.84. The molecule has 2 aliphatic heterocycles. The van der Waals surface area contributed by atoms with Crippen molar-refractivity contribution in [2.75, 3.05) is 44.3 Å². The molecule has 0 spiro atoms. The van der Waals surface area contributed by atoms with Crippen LogP contribution in [-0.2, 0) is 4.74 Å². The van der Waals surface area contributed by atoms with Crippen molar-refractivity contribution in [3.8, 4) is 0 Å². The smallest absolute Gasteiger partial charge is 0.186 e. The normalized spacial score (nSPS) is 20.8. The molecule has 3 heterocycles. The van der Waals surface area contributed by atoms with Gasteiger partial charge in [-0.3, -0.25) is 4.90 Å². The molecule has 0 radical (unpaired) electrons. The molecule has 4 rings (SSSR count). The van der Waals surface area contributed by atoms with Crippen LogP contribution in [0, 0.1) is 0 Å². The van der Waals surface area contributed by atoms with Gasteiger partial charge in [-0.2, -0.15) is 0 Å². The molecule has 22 heavy (non-hydrogen) atoms. The maximum absolute atomic E-state index is 5.44. The van der Waals surface area contributed by atoms with Gasteiger partial charge in [0.1, 0.15) is 0 Å². The van der Waals surface area contributed by atoms with E-state index < -0.39 is 0 Å². The molecule has 2 aromatic rings. The zero-order valence-corrected chi connectivity index (χ0v) is 14.1. The van der Waals surface area contributed by atoms with Crippen molar-refractivity contribution in [2.24, 2.45) is 0 Å². The number of morpholine rings is 1. The molecule has 2 fully saturated rings. The second-order valence-electron chi connectivity index (χ2n) is 6.55. The first-order valence-electron chi connectivity index (χ1n) is 8.18. The number of benzene rings is 1. The van der Waals surface area contributed by atoms with E-state index in [-0.39, 0.29) is 0 Å². The van der Waals surface area contributed by atoms with Gasteiger partial charge < -0.3 is 9.64 Å². The van der Waals surface area contributed by atoms with E-state index in [9.17, 15) is 0 Å². The largest absolute Gasteiger partial charge is 0.379 e. The van der Waals surface area contributed by atoms with Crippen molar-refractivity contribution in [1.82, 2.24) is 9.88 Å². The van der Waals surface area contributed by atoms with Crippen LogP contribution in [0.15, 0.2) is 18.2 Å². The van der Waals surface area contributed by atoms with Crippen molar-refractivity contribution in [1.29, 1.82) is 0 Å². The molecule has 5 heteroatoms. The summed E-state index contributed by atoms with van der Waals surface area (Å²) in [6.45, 7) is 10.6. The van der Waals surface area contributed by atoms with Gasteiger partial charge in [-0.05, 0) is 17.5 Å². The highest BCUT2D eigenvalue weighted by Gasteiger charge is 2.34. The van der Waals surface area contributed by atoms with E-state index in [2.05, 4.69) is 41.8 Å². The van der Waals surface area contributed by atoms with Crippen LogP contribution in [0.4, 0.5) is 5.13 Å². The van der Waals surface area contributed by atoms with Crippen LogP contribution in [-0.4, -0.2) is 55.3 Å². The summed E-state index contributed by atoms with van der Waals surface area (Å²) in [7, 11) is 0. The van der Waals surface area contributed by atoms with Crippen molar-refractivity contribution >= 4 is 26.7 Å². The minimum atomic E-state index is 0.524. The minimum absolute atomic E-state index is 0.524. The van der Waals surface area contributed by atoms with Crippen molar-refractivity contribution < 1.29 is 4.74 Å². The fraction of sp³-hybridized carbons (Fsp3) is 0.588. The number of anilines is 1. The van der Waals surface area contributed by atoms with Gasteiger partial charge in [-0.1, -0.05) is 37.3 Å². The van der Waals surface area contributed by atoms with Crippen molar-refractivity contribution in [2.45, 2.75) is 25.8 Å². The van der Waals surface area contributed by atoms with Gasteiger partial charge in [0.25, 0.3) is 0 Å². The number of aromatic nitrogens is 1. The van der Waals surface area contributed by atoms with Crippen LogP contribution in [0.3, 0.4) is 0 Å². The molecule has 0 bridgehead atoms. The quantitative estimate of drug-likeness (QED) is 0.870. The van der Waals surface area contributed by atoms with E-state index in [1.54, 1.807) is 0 Å². The molecule has 1 aromatic carbocycles. The Kier molecular flexibility index (Phi) is 3.80. The number of para-hydroxylation sites is 1. The van der Waals surface area contributed by atoms with Crippen LogP contribution in [0.25, 0.3) is 10.2 Å². The molecule has 0 aliphatic carbocycles. The summed E-state index contributed by atoms with van der Waals surface area (Å²) < 4.78 is 6.76. The van der Waals surface area contributed by atoms with Gasteiger partial charge in [-0.15, -0.1) is 0 Å². The lowest BCUT2D eigenvalue weighted by molar-refractivity contribution is 0.0105. The zero-order valence-electron chi connectivity index (χ0n) is 13.3. The highest BCUT2D eigenvalue weighted by molar-refractivity contribution is 7.22. The van der Waals surface area contributed by atoms with Gasteiger partial charge in [0.2, 0.25) is 0 Å². The van der Waals surface area contributed by atoms with Crippen LogP contribution in [0.5, 0.6) is 0 Å². The first kappa shape index (κ1) is 14.4. The molecular weight excluding hydrogens is 294 g/mol. The van der Waals surface area contributed by atoms with Gasteiger partial charge in [0, 0.05) is 32.2 Å². The second-order valence-corrected chi connectivity index (χ2v) is 7.56. The monoisotopic (exact) mass is 317 g/mol. The minimum Gasteiger partial charge on any atom is -0.379 e. The Labute approximate surface area is 135 Å². The van der Waals surface area contributed by atoms with E-state index in [1.165, 1.54) is 20.9 Å². The highest BCUT2D eigenvalue weighted by atomic mass is 32.1. The fourth-order valence-corrected chi connectivity index (χ4v) is 4.36. The van der Waals surface area contributed by atoms with E-state index >= 15 is 0 Å². The fourth-order valence-electron chi connectivity index (χ4n) is 3.34. The van der Waals surface area contributed by atoms with Crippen LogP contribution in [0.2, 0.25) is 0 Å². The Bertz CT molecular complexity index is 657. The molecule has 2 aliphatic rings. The highest BCUT2D eigenvalue weighted by Crippen LogP contribution is 2.35. The van der Waals surface area contributed by atoms with Crippen LogP contribution in [0.1, 0.15) is 25.3 Å². The van der Waals surface area contributed by atoms with Gasteiger partial charge >= 0.3 is 0 Å². The Balaban J connectivity index is 1.50. The third kappa shape index (κ3) is 2.51. The van der Waals surface area contributed by atoms with E-state index in [1.807, 2.05) is 11.3 Å². The molecule has 1 aromatic heterocycles. The number of ether oxygens (including phenoxy) is 1. The summed E-state index contributed by atoms with van der Waals surface area (Å²) in [5.41, 5.74) is 2.57. The van der Waals surface area contributed by atoms with Gasteiger partial charge in [0.05, 0.1) is 23.4 Å². The lowest BCUT2D eigenvalue weighted by Crippen LogP contribution is -2.61. The molecular formula is C17H23N3OS. The SMILES string of the molecule is CC(C)c1cccc2sc(N3CC(N4CCOCC4)C3)nc12. The lowest BCUT2D eigenvalue weighted by atomic mass is 10.0. The maximum atomic E-state index is 5.44.